The molecule has 84 valence electrons. The van der Waals surface area contributed by atoms with E-state index in [1.165, 1.54) is 0 Å². The van der Waals surface area contributed by atoms with E-state index in [1.54, 1.807) is 7.11 Å². The number of aromatic hydroxyl groups is 1. The molecule has 0 amide bonds. The third kappa shape index (κ3) is 3.53. The molecule has 0 aromatic heterocycles. The van der Waals surface area contributed by atoms with E-state index in [1.807, 2.05) is 32.0 Å². The van der Waals surface area contributed by atoms with Crippen molar-refractivity contribution in [3.63, 3.8) is 0 Å². The van der Waals surface area contributed by atoms with Crippen molar-refractivity contribution >= 4 is 0 Å². The summed E-state index contributed by atoms with van der Waals surface area (Å²) in [6.07, 6.45) is 0.649. The highest BCUT2D eigenvalue weighted by atomic mass is 16.5. The summed E-state index contributed by atoms with van der Waals surface area (Å²) in [5.74, 6) is 0.304. The van der Waals surface area contributed by atoms with Crippen molar-refractivity contribution in [2.45, 2.75) is 32.4 Å². The molecule has 0 radical (unpaired) electrons. The number of phenolic OH excluding ortho intramolecular Hbond substituents is 1. The van der Waals surface area contributed by atoms with Gasteiger partial charge in [-0.05, 0) is 25.8 Å². The zero-order valence-electron chi connectivity index (χ0n) is 9.58. The van der Waals surface area contributed by atoms with E-state index in [2.05, 4.69) is 0 Å². The standard InChI is InChI=1S/C12H19NO2/c1-12(2,13)7-9-5-4-6-10(8-15-3)11(9)14/h4-6,14H,7-8,13H2,1-3H3. The van der Waals surface area contributed by atoms with Gasteiger partial charge in [0.05, 0.1) is 6.61 Å². The quantitative estimate of drug-likeness (QED) is 0.795. The molecule has 3 N–H and O–H groups in total. The summed E-state index contributed by atoms with van der Waals surface area (Å²) in [6, 6.07) is 5.66. The van der Waals surface area contributed by atoms with Crippen LogP contribution in [0, 0.1) is 0 Å². The molecule has 0 bridgehead atoms. The molecule has 0 saturated heterocycles. The Labute approximate surface area is 90.9 Å². The lowest BCUT2D eigenvalue weighted by Gasteiger charge is -2.19. The monoisotopic (exact) mass is 209 g/mol. The highest BCUT2D eigenvalue weighted by Gasteiger charge is 2.15. The Hall–Kier alpha value is -1.06. The number of hydrogen-bond donors (Lipinski definition) is 2. The molecular formula is C12H19NO2. The van der Waals surface area contributed by atoms with Crippen LogP contribution in [0.1, 0.15) is 25.0 Å². The van der Waals surface area contributed by atoms with Gasteiger partial charge in [-0.2, -0.15) is 0 Å². The Bertz CT molecular complexity index is 329. The van der Waals surface area contributed by atoms with Gasteiger partial charge in [-0.15, -0.1) is 0 Å². The van der Waals surface area contributed by atoms with E-state index in [0.717, 1.165) is 11.1 Å². The van der Waals surface area contributed by atoms with E-state index < -0.39 is 0 Å². The Morgan fingerprint density at radius 2 is 1.93 bits per heavy atom. The molecule has 0 fully saturated rings. The lowest BCUT2D eigenvalue weighted by molar-refractivity contribution is 0.182. The fourth-order valence-electron chi connectivity index (χ4n) is 1.55. The van der Waals surface area contributed by atoms with Crippen molar-refractivity contribution in [3.8, 4) is 5.75 Å². The Morgan fingerprint density at radius 1 is 1.33 bits per heavy atom. The van der Waals surface area contributed by atoms with Crippen LogP contribution in [0.2, 0.25) is 0 Å². The summed E-state index contributed by atoms with van der Waals surface area (Å²) in [4.78, 5) is 0. The SMILES string of the molecule is COCc1cccc(CC(C)(C)N)c1O. The molecule has 1 aromatic carbocycles. The van der Waals surface area contributed by atoms with Gasteiger partial charge >= 0.3 is 0 Å². The first-order chi connectivity index (χ1) is 6.94. The van der Waals surface area contributed by atoms with Crippen LogP contribution in [0.15, 0.2) is 18.2 Å². The summed E-state index contributed by atoms with van der Waals surface area (Å²) in [5.41, 5.74) is 7.28. The van der Waals surface area contributed by atoms with Crippen LogP contribution in [-0.2, 0) is 17.8 Å². The average Bonchev–Trinajstić information content (AvgIpc) is 2.10. The van der Waals surface area contributed by atoms with Gasteiger partial charge in [-0.25, -0.2) is 0 Å². The zero-order chi connectivity index (χ0) is 11.5. The molecule has 0 heterocycles. The van der Waals surface area contributed by atoms with E-state index in [4.69, 9.17) is 10.5 Å². The average molecular weight is 209 g/mol. The highest BCUT2D eigenvalue weighted by Crippen LogP contribution is 2.25. The first-order valence-corrected chi connectivity index (χ1v) is 5.01. The van der Waals surface area contributed by atoms with E-state index in [9.17, 15) is 5.11 Å². The largest absolute Gasteiger partial charge is 0.507 e. The van der Waals surface area contributed by atoms with Crippen LogP contribution >= 0.6 is 0 Å². The number of ether oxygens (including phenoxy) is 1. The molecule has 0 saturated carbocycles. The molecule has 3 nitrogen and oxygen atoms in total. The minimum atomic E-state index is -0.316. The van der Waals surface area contributed by atoms with Gasteiger partial charge in [0.2, 0.25) is 0 Å². The van der Waals surface area contributed by atoms with Gasteiger partial charge in [0, 0.05) is 18.2 Å². The second-order valence-corrected chi connectivity index (χ2v) is 4.52. The molecule has 0 aliphatic rings. The van der Waals surface area contributed by atoms with Crippen molar-refractivity contribution in [1.82, 2.24) is 0 Å². The van der Waals surface area contributed by atoms with Crippen molar-refractivity contribution in [2.24, 2.45) is 5.73 Å². The molecule has 0 atom stereocenters. The predicted molar refractivity (Wildman–Crippen MR) is 60.8 cm³/mol. The van der Waals surface area contributed by atoms with Gasteiger partial charge in [0.25, 0.3) is 0 Å². The molecule has 0 aliphatic carbocycles. The second-order valence-electron chi connectivity index (χ2n) is 4.52. The number of benzene rings is 1. The Balaban J connectivity index is 2.94. The third-order valence-corrected chi connectivity index (χ3v) is 2.15. The van der Waals surface area contributed by atoms with Crippen LogP contribution in [0.3, 0.4) is 0 Å². The maximum Gasteiger partial charge on any atom is 0.124 e. The first-order valence-electron chi connectivity index (χ1n) is 5.01. The predicted octanol–water partition coefficient (Wildman–Crippen LogP) is 1.82. The maximum atomic E-state index is 9.95. The number of methoxy groups -OCH3 is 1. The van der Waals surface area contributed by atoms with E-state index in [0.29, 0.717) is 18.8 Å². The van der Waals surface area contributed by atoms with Crippen LogP contribution in [0.4, 0.5) is 0 Å². The summed E-state index contributed by atoms with van der Waals surface area (Å²) < 4.78 is 5.00. The first kappa shape index (κ1) is 12.0. The Morgan fingerprint density at radius 3 is 2.47 bits per heavy atom. The normalized spacial score (nSPS) is 11.7. The number of nitrogens with two attached hydrogens (primary N) is 1. The summed E-state index contributed by atoms with van der Waals surface area (Å²) in [6.45, 7) is 4.30. The van der Waals surface area contributed by atoms with Crippen molar-refractivity contribution in [3.05, 3.63) is 29.3 Å². The molecular weight excluding hydrogens is 190 g/mol. The van der Waals surface area contributed by atoms with Gasteiger partial charge in [0.15, 0.2) is 0 Å². The lowest BCUT2D eigenvalue weighted by Crippen LogP contribution is -2.34. The molecule has 1 rings (SSSR count). The maximum absolute atomic E-state index is 9.95. The summed E-state index contributed by atoms with van der Waals surface area (Å²) >= 11 is 0. The van der Waals surface area contributed by atoms with Gasteiger partial charge in [-0.1, -0.05) is 18.2 Å². The topological polar surface area (TPSA) is 55.5 Å². The molecule has 0 spiro atoms. The van der Waals surface area contributed by atoms with E-state index >= 15 is 0 Å². The number of phenols is 1. The van der Waals surface area contributed by atoms with Crippen LogP contribution < -0.4 is 5.73 Å². The van der Waals surface area contributed by atoms with Crippen LogP contribution in [0.25, 0.3) is 0 Å². The molecule has 0 aliphatic heterocycles. The highest BCUT2D eigenvalue weighted by molar-refractivity contribution is 5.40. The van der Waals surface area contributed by atoms with Gasteiger partial charge in [0.1, 0.15) is 5.75 Å². The van der Waals surface area contributed by atoms with Crippen molar-refractivity contribution in [1.29, 1.82) is 0 Å². The molecule has 0 unspecified atom stereocenters. The minimum absolute atomic E-state index is 0.304. The lowest BCUT2D eigenvalue weighted by atomic mass is 9.94. The summed E-state index contributed by atoms with van der Waals surface area (Å²) in [5, 5.41) is 9.95. The van der Waals surface area contributed by atoms with Gasteiger partial charge in [-0.3, -0.25) is 0 Å². The van der Waals surface area contributed by atoms with Crippen molar-refractivity contribution in [2.75, 3.05) is 7.11 Å². The molecule has 15 heavy (non-hydrogen) atoms. The minimum Gasteiger partial charge on any atom is -0.507 e. The smallest absolute Gasteiger partial charge is 0.124 e. The number of rotatable bonds is 4. The van der Waals surface area contributed by atoms with E-state index in [-0.39, 0.29) is 5.54 Å². The fraction of sp³-hybridized carbons (Fsp3) is 0.500. The second kappa shape index (κ2) is 4.64. The third-order valence-electron chi connectivity index (χ3n) is 2.15. The molecule has 1 aromatic rings. The van der Waals surface area contributed by atoms with Gasteiger partial charge < -0.3 is 15.6 Å². The zero-order valence-corrected chi connectivity index (χ0v) is 9.58. The number of hydrogen-bond acceptors (Lipinski definition) is 3. The van der Waals surface area contributed by atoms with Crippen LogP contribution in [-0.4, -0.2) is 17.8 Å². The van der Waals surface area contributed by atoms with Crippen molar-refractivity contribution < 1.29 is 9.84 Å². The van der Waals surface area contributed by atoms with Crippen LogP contribution in [0.5, 0.6) is 5.75 Å². The number of para-hydroxylation sites is 1. The summed E-state index contributed by atoms with van der Waals surface area (Å²) in [7, 11) is 1.61. The fourth-order valence-corrected chi connectivity index (χ4v) is 1.55. The Kier molecular flexibility index (Phi) is 3.72. The molecule has 3 heteroatoms.